The summed E-state index contributed by atoms with van der Waals surface area (Å²) in [4.78, 5) is 23.6. The zero-order chi connectivity index (χ0) is 21.6. The van der Waals surface area contributed by atoms with E-state index < -0.39 is 23.5 Å². The first-order valence-corrected chi connectivity index (χ1v) is 8.88. The van der Waals surface area contributed by atoms with Gasteiger partial charge in [-0.2, -0.15) is 0 Å². The molecule has 7 nitrogen and oxygen atoms in total. The Hall–Kier alpha value is -3.68. The Bertz CT molecular complexity index is 1040. The van der Waals surface area contributed by atoms with Crippen LogP contribution in [0.3, 0.4) is 0 Å². The number of amides is 1. The molecule has 0 saturated carbocycles. The third-order valence-corrected chi connectivity index (χ3v) is 3.97. The van der Waals surface area contributed by atoms with Gasteiger partial charge in [-0.05, 0) is 61.9 Å². The SMILES string of the molecule is CCc1ccc(C#CC#Cc2ccc(C(=O)N[C@H](C(=O)O)C(C)(C)N)c(O)c2)o1. The molecular weight excluding hydrogens is 372 g/mol. The van der Waals surface area contributed by atoms with Crippen LogP contribution in [0.1, 0.15) is 48.2 Å². The van der Waals surface area contributed by atoms with E-state index in [4.69, 9.17) is 10.2 Å². The van der Waals surface area contributed by atoms with Gasteiger partial charge in [-0.25, -0.2) is 4.79 Å². The highest BCUT2D eigenvalue weighted by Gasteiger charge is 2.33. The molecule has 0 aliphatic heterocycles. The highest BCUT2D eigenvalue weighted by atomic mass is 16.4. The van der Waals surface area contributed by atoms with Crippen LogP contribution in [-0.4, -0.2) is 33.7 Å². The zero-order valence-electron chi connectivity index (χ0n) is 16.4. The Balaban J connectivity index is 2.13. The van der Waals surface area contributed by atoms with E-state index in [2.05, 4.69) is 29.0 Å². The summed E-state index contributed by atoms with van der Waals surface area (Å²) in [7, 11) is 0. The second-order valence-electron chi connectivity index (χ2n) is 6.92. The Morgan fingerprint density at radius 2 is 1.90 bits per heavy atom. The van der Waals surface area contributed by atoms with Crippen LogP contribution in [0.15, 0.2) is 34.7 Å². The summed E-state index contributed by atoms with van der Waals surface area (Å²) in [5.74, 6) is 9.83. The number of hydrogen-bond donors (Lipinski definition) is 4. The predicted molar refractivity (Wildman–Crippen MR) is 107 cm³/mol. The number of nitrogens with one attached hydrogen (secondary N) is 1. The molecule has 150 valence electrons. The number of nitrogens with two attached hydrogens (primary N) is 1. The largest absolute Gasteiger partial charge is 0.507 e. The Labute approximate surface area is 168 Å². The molecule has 0 spiro atoms. The average Bonchev–Trinajstić information content (AvgIpc) is 3.10. The summed E-state index contributed by atoms with van der Waals surface area (Å²) >= 11 is 0. The van der Waals surface area contributed by atoms with E-state index in [9.17, 15) is 19.8 Å². The van der Waals surface area contributed by atoms with Gasteiger partial charge < -0.3 is 25.7 Å². The summed E-state index contributed by atoms with van der Waals surface area (Å²) in [6, 6.07) is 6.47. The predicted octanol–water partition coefficient (Wildman–Crippen LogP) is 1.87. The summed E-state index contributed by atoms with van der Waals surface area (Å²) in [6.07, 6.45) is 0.780. The highest BCUT2D eigenvalue weighted by molar-refractivity contribution is 5.99. The normalized spacial score (nSPS) is 11.4. The number of hydrogen-bond acceptors (Lipinski definition) is 5. The van der Waals surface area contributed by atoms with Gasteiger partial charge >= 0.3 is 5.97 Å². The van der Waals surface area contributed by atoms with E-state index in [0.29, 0.717) is 11.3 Å². The van der Waals surface area contributed by atoms with Gasteiger partial charge in [0.1, 0.15) is 17.6 Å². The topological polar surface area (TPSA) is 126 Å². The maximum Gasteiger partial charge on any atom is 0.328 e. The molecule has 0 aliphatic carbocycles. The molecular formula is C22H22N2O5. The van der Waals surface area contributed by atoms with Gasteiger partial charge in [-0.15, -0.1) is 0 Å². The first-order chi connectivity index (χ1) is 13.6. The zero-order valence-corrected chi connectivity index (χ0v) is 16.4. The number of aryl methyl sites for hydroxylation is 1. The van der Waals surface area contributed by atoms with Crippen LogP contribution in [0.4, 0.5) is 0 Å². The number of aromatic hydroxyl groups is 1. The molecule has 2 aromatic rings. The molecule has 2 rings (SSSR count). The fourth-order valence-corrected chi connectivity index (χ4v) is 2.41. The van der Waals surface area contributed by atoms with E-state index in [1.165, 1.54) is 32.0 Å². The fraction of sp³-hybridized carbons (Fsp3) is 0.273. The van der Waals surface area contributed by atoms with Gasteiger partial charge in [0.25, 0.3) is 5.91 Å². The van der Waals surface area contributed by atoms with Gasteiger partial charge in [0.15, 0.2) is 5.76 Å². The second-order valence-corrected chi connectivity index (χ2v) is 6.92. The summed E-state index contributed by atoms with van der Waals surface area (Å²) in [5.41, 5.74) is 4.96. The third-order valence-electron chi connectivity index (χ3n) is 3.97. The van der Waals surface area contributed by atoms with Crippen molar-refractivity contribution in [3.05, 3.63) is 53.0 Å². The molecule has 5 N–H and O–H groups in total. The molecule has 7 heteroatoms. The number of carbonyl (C=O) groups is 2. The van der Waals surface area contributed by atoms with Crippen LogP contribution in [0, 0.1) is 23.7 Å². The van der Waals surface area contributed by atoms with Gasteiger partial charge in [-0.1, -0.05) is 12.8 Å². The molecule has 0 radical (unpaired) electrons. The number of carboxylic acid groups (broad SMARTS) is 1. The summed E-state index contributed by atoms with van der Waals surface area (Å²) in [6.45, 7) is 4.94. The van der Waals surface area contributed by atoms with E-state index in [-0.39, 0.29) is 11.3 Å². The Kier molecular flexibility index (Phi) is 6.71. The van der Waals surface area contributed by atoms with Crippen molar-refractivity contribution in [1.82, 2.24) is 5.32 Å². The second kappa shape index (κ2) is 9.01. The lowest BCUT2D eigenvalue weighted by Gasteiger charge is -2.27. The van der Waals surface area contributed by atoms with Gasteiger partial charge in [0.05, 0.1) is 5.56 Å². The third kappa shape index (κ3) is 5.90. The Morgan fingerprint density at radius 1 is 1.21 bits per heavy atom. The summed E-state index contributed by atoms with van der Waals surface area (Å²) in [5, 5.41) is 21.7. The van der Waals surface area contributed by atoms with Crippen molar-refractivity contribution < 1.29 is 24.2 Å². The number of phenols is 1. The van der Waals surface area contributed by atoms with Crippen LogP contribution in [0.2, 0.25) is 0 Å². The number of aliphatic carboxylic acids is 1. The molecule has 1 atom stereocenters. The molecule has 1 heterocycles. The maximum absolute atomic E-state index is 12.3. The minimum Gasteiger partial charge on any atom is -0.507 e. The minimum absolute atomic E-state index is 0.0835. The van der Waals surface area contributed by atoms with Crippen molar-refractivity contribution in [2.75, 3.05) is 0 Å². The number of rotatable bonds is 5. The van der Waals surface area contributed by atoms with Crippen LogP contribution in [0.5, 0.6) is 5.75 Å². The number of benzene rings is 1. The fourth-order valence-electron chi connectivity index (χ4n) is 2.41. The average molecular weight is 394 g/mol. The van der Waals surface area contributed by atoms with Gasteiger partial charge in [-0.3, -0.25) is 4.79 Å². The van der Waals surface area contributed by atoms with Crippen LogP contribution >= 0.6 is 0 Å². The monoisotopic (exact) mass is 394 g/mol. The highest BCUT2D eigenvalue weighted by Crippen LogP contribution is 2.19. The van der Waals surface area contributed by atoms with Crippen molar-refractivity contribution >= 4 is 11.9 Å². The van der Waals surface area contributed by atoms with Crippen LogP contribution < -0.4 is 11.1 Å². The number of carboxylic acids is 1. The lowest BCUT2D eigenvalue weighted by Crippen LogP contribution is -2.58. The molecule has 1 amide bonds. The lowest BCUT2D eigenvalue weighted by molar-refractivity contribution is -0.140. The molecule has 0 fully saturated rings. The first-order valence-electron chi connectivity index (χ1n) is 8.88. The van der Waals surface area contributed by atoms with Crippen molar-refractivity contribution in [3.63, 3.8) is 0 Å². The molecule has 29 heavy (non-hydrogen) atoms. The van der Waals surface area contributed by atoms with Gasteiger partial charge in [0.2, 0.25) is 0 Å². The molecule has 0 bridgehead atoms. The number of furan rings is 1. The molecule has 0 unspecified atom stereocenters. The molecule has 1 aromatic carbocycles. The number of phenolic OH excluding ortho intramolecular Hbond substituents is 1. The number of carbonyl (C=O) groups excluding carboxylic acids is 1. The van der Waals surface area contributed by atoms with Crippen molar-refractivity contribution in [3.8, 4) is 29.4 Å². The lowest BCUT2D eigenvalue weighted by atomic mass is 9.95. The quantitative estimate of drug-likeness (QED) is 0.574. The summed E-state index contributed by atoms with van der Waals surface area (Å²) < 4.78 is 5.44. The first kappa shape index (κ1) is 21.6. The van der Waals surface area contributed by atoms with E-state index in [1.807, 2.05) is 13.0 Å². The smallest absolute Gasteiger partial charge is 0.328 e. The maximum atomic E-state index is 12.3. The van der Waals surface area contributed by atoms with Crippen molar-refractivity contribution in [2.24, 2.45) is 5.73 Å². The standard InChI is InChI=1S/C22H22N2O5/c1-4-15-10-11-16(29-15)8-6-5-7-14-9-12-17(18(25)13-14)20(26)24-19(21(27)28)22(2,3)23/h9-13,19,25H,4,23H2,1-3H3,(H,24,26)(H,27,28)/t19-/m1/s1. The minimum atomic E-state index is -1.32. The molecule has 0 aliphatic rings. The van der Waals surface area contributed by atoms with E-state index in [0.717, 1.165) is 12.2 Å². The Morgan fingerprint density at radius 3 is 2.45 bits per heavy atom. The van der Waals surface area contributed by atoms with E-state index >= 15 is 0 Å². The van der Waals surface area contributed by atoms with Crippen molar-refractivity contribution in [1.29, 1.82) is 0 Å². The van der Waals surface area contributed by atoms with E-state index in [1.54, 1.807) is 6.07 Å². The molecule has 0 saturated heterocycles. The molecule has 1 aromatic heterocycles. The van der Waals surface area contributed by atoms with Crippen molar-refractivity contribution in [2.45, 2.75) is 38.8 Å². The van der Waals surface area contributed by atoms with Crippen LogP contribution in [0.25, 0.3) is 0 Å². The van der Waals surface area contributed by atoms with Crippen LogP contribution in [-0.2, 0) is 11.2 Å². The van der Waals surface area contributed by atoms with Gasteiger partial charge in [0, 0.05) is 17.5 Å².